The molecule has 0 atom stereocenters. The summed E-state index contributed by atoms with van der Waals surface area (Å²) in [7, 11) is 0. The first kappa shape index (κ1) is 10.7. The molecule has 3 nitrogen and oxygen atoms in total. The molecule has 0 aliphatic carbocycles. The summed E-state index contributed by atoms with van der Waals surface area (Å²) in [5.41, 5.74) is -0.775. The van der Waals surface area contributed by atoms with Crippen LogP contribution in [0.25, 0.3) is 0 Å². The molecule has 0 saturated heterocycles. The van der Waals surface area contributed by atoms with E-state index in [1.165, 1.54) is 22.6 Å². The minimum absolute atomic E-state index is 0.112. The minimum Gasteiger partial charge on any atom is -0.237 e. The van der Waals surface area contributed by atoms with Crippen LogP contribution in [0.4, 0.5) is 13.2 Å². The molecule has 0 unspecified atom stereocenters. The Kier molecular flexibility index (Phi) is 2.83. The summed E-state index contributed by atoms with van der Waals surface area (Å²) in [6.07, 6.45) is -4.38. The van der Waals surface area contributed by atoms with Crippen molar-refractivity contribution in [2.45, 2.75) is 26.1 Å². The van der Waals surface area contributed by atoms with Crippen molar-refractivity contribution in [3.8, 4) is 0 Å². The van der Waals surface area contributed by atoms with Crippen LogP contribution in [0.5, 0.6) is 0 Å². The minimum atomic E-state index is -4.38. The van der Waals surface area contributed by atoms with E-state index < -0.39 is 11.9 Å². The van der Waals surface area contributed by atoms with E-state index >= 15 is 0 Å². The molecular formula is C6H7F3IN3. The van der Waals surface area contributed by atoms with Crippen LogP contribution in [0, 0.1) is 3.70 Å². The lowest BCUT2D eigenvalue weighted by molar-refractivity contribution is -0.145. The van der Waals surface area contributed by atoms with E-state index in [0.29, 0.717) is 0 Å². The Morgan fingerprint density at radius 3 is 2.23 bits per heavy atom. The van der Waals surface area contributed by atoms with Gasteiger partial charge < -0.3 is 0 Å². The third kappa shape index (κ3) is 2.12. The zero-order chi connectivity index (χ0) is 10.2. The van der Waals surface area contributed by atoms with E-state index in [0.717, 1.165) is 4.68 Å². The van der Waals surface area contributed by atoms with Gasteiger partial charge >= 0.3 is 6.18 Å². The molecule has 0 fully saturated rings. The van der Waals surface area contributed by atoms with Crippen LogP contribution in [0.15, 0.2) is 0 Å². The molecule has 0 N–H and O–H groups in total. The maximum Gasteiger partial charge on any atom is 0.435 e. The van der Waals surface area contributed by atoms with Crippen LogP contribution >= 0.6 is 22.6 Å². The summed E-state index contributed by atoms with van der Waals surface area (Å²) < 4.78 is 38.0. The van der Waals surface area contributed by atoms with Gasteiger partial charge in [-0.1, -0.05) is 5.21 Å². The fraction of sp³-hybridized carbons (Fsp3) is 0.667. The molecule has 0 bridgehead atoms. The third-order valence-corrected chi connectivity index (χ3v) is 2.14. The second-order valence-electron chi connectivity index (χ2n) is 2.76. The molecule has 0 spiro atoms. The van der Waals surface area contributed by atoms with Gasteiger partial charge in [-0.25, -0.2) is 4.68 Å². The van der Waals surface area contributed by atoms with Crippen molar-refractivity contribution in [1.29, 1.82) is 0 Å². The fourth-order valence-corrected chi connectivity index (χ4v) is 1.53. The van der Waals surface area contributed by atoms with E-state index in [4.69, 9.17) is 0 Å². The van der Waals surface area contributed by atoms with Crippen molar-refractivity contribution in [3.63, 3.8) is 0 Å². The number of rotatable bonds is 1. The topological polar surface area (TPSA) is 30.7 Å². The Hall–Kier alpha value is -0.340. The quantitative estimate of drug-likeness (QED) is 0.746. The van der Waals surface area contributed by atoms with E-state index in [-0.39, 0.29) is 9.74 Å². The summed E-state index contributed by atoms with van der Waals surface area (Å²) in [6.45, 7) is 3.25. The Bertz CT molecular complexity index is 305. The lowest BCUT2D eigenvalue weighted by Crippen LogP contribution is -2.17. The van der Waals surface area contributed by atoms with Gasteiger partial charge in [-0.2, -0.15) is 13.2 Å². The molecular weight excluding hydrogens is 298 g/mol. The molecule has 1 heterocycles. The molecule has 0 saturated carbocycles. The molecule has 0 amide bonds. The highest BCUT2D eigenvalue weighted by atomic mass is 127. The Balaban J connectivity index is 3.25. The number of nitrogens with zero attached hydrogens (tertiary/aromatic N) is 3. The Labute approximate surface area is 86.4 Å². The summed E-state index contributed by atoms with van der Waals surface area (Å²) in [5, 5.41) is 6.80. The number of hydrogen-bond acceptors (Lipinski definition) is 2. The largest absolute Gasteiger partial charge is 0.435 e. The normalized spacial score (nSPS) is 12.5. The molecule has 7 heteroatoms. The number of alkyl halides is 3. The Morgan fingerprint density at radius 2 is 1.92 bits per heavy atom. The maximum absolute atomic E-state index is 12.4. The van der Waals surface area contributed by atoms with Gasteiger partial charge in [-0.15, -0.1) is 5.10 Å². The van der Waals surface area contributed by atoms with Gasteiger partial charge in [0.15, 0.2) is 9.39 Å². The summed E-state index contributed by atoms with van der Waals surface area (Å²) in [4.78, 5) is 0. The van der Waals surface area contributed by atoms with Crippen molar-refractivity contribution >= 4 is 22.6 Å². The average Bonchev–Trinajstić information content (AvgIpc) is 2.28. The van der Waals surface area contributed by atoms with E-state index in [1.807, 2.05) is 0 Å². The van der Waals surface area contributed by atoms with Crippen molar-refractivity contribution in [3.05, 3.63) is 9.39 Å². The first-order valence-corrected chi connectivity index (χ1v) is 4.59. The van der Waals surface area contributed by atoms with Crippen molar-refractivity contribution < 1.29 is 13.2 Å². The second-order valence-corrected chi connectivity index (χ2v) is 3.79. The summed E-state index contributed by atoms with van der Waals surface area (Å²) >= 11 is 1.53. The lowest BCUT2D eigenvalue weighted by atomic mass is 10.3. The van der Waals surface area contributed by atoms with Crippen molar-refractivity contribution in [1.82, 2.24) is 15.0 Å². The summed E-state index contributed by atoms with van der Waals surface area (Å²) in [5.74, 6) is 0. The molecule has 1 aromatic rings. The predicted octanol–water partition coefficient (Wildman–Crippen LogP) is 2.48. The molecule has 0 aromatic carbocycles. The SMILES string of the molecule is CC(C)n1nnc(I)c1C(F)(F)F. The van der Waals surface area contributed by atoms with Crippen LogP contribution < -0.4 is 0 Å². The van der Waals surface area contributed by atoms with Crippen LogP contribution in [0.1, 0.15) is 25.6 Å². The average molecular weight is 305 g/mol. The molecule has 0 aliphatic rings. The van der Waals surface area contributed by atoms with Gasteiger partial charge in [0, 0.05) is 6.04 Å². The zero-order valence-corrected chi connectivity index (χ0v) is 9.09. The van der Waals surface area contributed by atoms with Crippen LogP contribution in [-0.4, -0.2) is 15.0 Å². The highest BCUT2D eigenvalue weighted by molar-refractivity contribution is 14.1. The fourth-order valence-electron chi connectivity index (χ4n) is 0.882. The summed E-state index contributed by atoms with van der Waals surface area (Å²) in [6, 6.07) is -0.340. The molecule has 13 heavy (non-hydrogen) atoms. The second kappa shape index (κ2) is 3.43. The lowest BCUT2D eigenvalue weighted by Gasteiger charge is -2.11. The predicted molar refractivity (Wildman–Crippen MR) is 48.1 cm³/mol. The smallest absolute Gasteiger partial charge is 0.237 e. The Morgan fingerprint density at radius 1 is 1.38 bits per heavy atom. The van der Waals surface area contributed by atoms with Gasteiger partial charge in [0.25, 0.3) is 0 Å². The maximum atomic E-state index is 12.4. The van der Waals surface area contributed by atoms with Crippen molar-refractivity contribution in [2.75, 3.05) is 0 Å². The van der Waals surface area contributed by atoms with Gasteiger partial charge in [0.1, 0.15) is 0 Å². The van der Waals surface area contributed by atoms with Crippen molar-refractivity contribution in [2.24, 2.45) is 0 Å². The molecule has 0 aliphatic heterocycles. The zero-order valence-electron chi connectivity index (χ0n) is 6.93. The molecule has 1 rings (SSSR count). The number of hydrogen-bond donors (Lipinski definition) is 0. The van der Waals surface area contributed by atoms with Crippen LogP contribution in [0.2, 0.25) is 0 Å². The van der Waals surface area contributed by atoms with Crippen LogP contribution in [0.3, 0.4) is 0 Å². The van der Waals surface area contributed by atoms with E-state index in [1.54, 1.807) is 13.8 Å². The molecule has 74 valence electrons. The molecule has 1 aromatic heterocycles. The first-order valence-electron chi connectivity index (χ1n) is 3.52. The number of halogens is 4. The van der Waals surface area contributed by atoms with E-state index in [2.05, 4.69) is 10.3 Å². The number of aromatic nitrogens is 3. The third-order valence-electron chi connectivity index (χ3n) is 1.41. The van der Waals surface area contributed by atoms with E-state index in [9.17, 15) is 13.2 Å². The standard InChI is InChI=1S/C6H7F3IN3/c1-3(2)13-4(6(7,8)9)5(10)11-12-13/h3H,1-2H3. The molecule has 0 radical (unpaired) electrons. The monoisotopic (exact) mass is 305 g/mol. The highest BCUT2D eigenvalue weighted by Crippen LogP contribution is 2.32. The van der Waals surface area contributed by atoms with Crippen LogP contribution in [-0.2, 0) is 6.18 Å². The van der Waals surface area contributed by atoms with Gasteiger partial charge in [-0.05, 0) is 36.4 Å². The van der Waals surface area contributed by atoms with Gasteiger partial charge in [-0.3, -0.25) is 0 Å². The first-order chi connectivity index (χ1) is 5.84. The van der Waals surface area contributed by atoms with Gasteiger partial charge in [0.05, 0.1) is 0 Å². The van der Waals surface area contributed by atoms with Gasteiger partial charge in [0.2, 0.25) is 0 Å². The highest BCUT2D eigenvalue weighted by Gasteiger charge is 2.39.